The standard InChI is InChI=1S/C24H23NO3S/c1-17-9-12-21(13-10-17)29(27,28)25-15-14-19-11-8-18(2)16-22(19)23(25)24(26)20-6-4-3-5-7-20/h3-13,16,23H,14-15H2,1-2H3. The molecule has 0 amide bonds. The second kappa shape index (κ2) is 7.58. The molecule has 0 saturated heterocycles. The number of hydrogen-bond acceptors (Lipinski definition) is 3. The van der Waals surface area contributed by atoms with Gasteiger partial charge in [-0.2, -0.15) is 4.31 Å². The van der Waals surface area contributed by atoms with Gasteiger partial charge in [-0.05, 0) is 43.5 Å². The molecule has 1 unspecified atom stereocenters. The van der Waals surface area contributed by atoms with Crippen molar-refractivity contribution in [2.24, 2.45) is 0 Å². The first kappa shape index (κ1) is 19.6. The summed E-state index contributed by atoms with van der Waals surface area (Å²) in [4.78, 5) is 13.7. The lowest BCUT2D eigenvalue weighted by Crippen LogP contribution is -2.43. The van der Waals surface area contributed by atoms with Crippen LogP contribution in [0.3, 0.4) is 0 Å². The lowest BCUT2D eigenvalue weighted by atomic mass is 9.88. The van der Waals surface area contributed by atoms with E-state index in [-0.39, 0.29) is 17.2 Å². The molecule has 0 N–H and O–H groups in total. The van der Waals surface area contributed by atoms with Crippen LogP contribution in [-0.4, -0.2) is 25.1 Å². The summed E-state index contributed by atoms with van der Waals surface area (Å²) in [5, 5.41) is 0. The molecule has 3 aromatic carbocycles. The number of rotatable bonds is 4. The van der Waals surface area contributed by atoms with E-state index in [1.165, 1.54) is 4.31 Å². The van der Waals surface area contributed by atoms with Crippen LogP contribution < -0.4 is 0 Å². The largest absolute Gasteiger partial charge is 0.292 e. The van der Waals surface area contributed by atoms with Crippen molar-refractivity contribution in [1.29, 1.82) is 0 Å². The first-order chi connectivity index (χ1) is 13.9. The van der Waals surface area contributed by atoms with Crippen molar-refractivity contribution in [2.75, 3.05) is 6.54 Å². The highest BCUT2D eigenvalue weighted by Gasteiger charge is 2.40. The van der Waals surface area contributed by atoms with Crippen molar-refractivity contribution >= 4 is 15.8 Å². The molecule has 0 aromatic heterocycles. The number of fused-ring (bicyclic) bond motifs is 1. The van der Waals surface area contributed by atoms with E-state index in [0.717, 1.165) is 22.3 Å². The zero-order valence-corrected chi connectivity index (χ0v) is 17.3. The van der Waals surface area contributed by atoms with Crippen LogP contribution in [0.1, 0.15) is 38.7 Å². The van der Waals surface area contributed by atoms with E-state index in [4.69, 9.17) is 0 Å². The average molecular weight is 406 g/mol. The molecule has 0 aliphatic carbocycles. The molecule has 0 fully saturated rings. The number of ketones is 1. The fraction of sp³-hybridized carbons (Fsp3) is 0.208. The Morgan fingerprint density at radius 1 is 0.897 bits per heavy atom. The monoisotopic (exact) mass is 405 g/mol. The van der Waals surface area contributed by atoms with Gasteiger partial charge in [0.2, 0.25) is 10.0 Å². The van der Waals surface area contributed by atoms with Crippen molar-refractivity contribution in [2.45, 2.75) is 31.2 Å². The Bertz CT molecular complexity index is 1150. The van der Waals surface area contributed by atoms with Gasteiger partial charge in [-0.15, -0.1) is 0 Å². The third-order valence-electron chi connectivity index (χ3n) is 5.42. The van der Waals surface area contributed by atoms with Crippen LogP contribution in [0.25, 0.3) is 0 Å². The summed E-state index contributed by atoms with van der Waals surface area (Å²) in [6.07, 6.45) is 0.583. The Balaban J connectivity index is 1.86. The van der Waals surface area contributed by atoms with E-state index in [1.807, 2.05) is 38.1 Å². The summed E-state index contributed by atoms with van der Waals surface area (Å²) in [5.74, 6) is -0.201. The zero-order valence-electron chi connectivity index (χ0n) is 16.5. The highest BCUT2D eigenvalue weighted by molar-refractivity contribution is 7.89. The Kier molecular flexibility index (Phi) is 5.11. The van der Waals surface area contributed by atoms with Crippen LogP contribution in [0, 0.1) is 13.8 Å². The molecule has 0 bridgehead atoms. The summed E-state index contributed by atoms with van der Waals surface area (Å²) >= 11 is 0. The Hall–Kier alpha value is -2.76. The molecule has 0 spiro atoms. The number of carbonyl (C=O) groups is 1. The van der Waals surface area contributed by atoms with Gasteiger partial charge >= 0.3 is 0 Å². The van der Waals surface area contributed by atoms with Crippen molar-refractivity contribution < 1.29 is 13.2 Å². The van der Waals surface area contributed by atoms with Gasteiger partial charge in [0.1, 0.15) is 6.04 Å². The summed E-state index contributed by atoms with van der Waals surface area (Å²) in [6.45, 7) is 4.14. The maximum absolute atomic E-state index is 13.5. The van der Waals surface area contributed by atoms with E-state index in [2.05, 4.69) is 0 Å². The smallest absolute Gasteiger partial charge is 0.244 e. The Morgan fingerprint density at radius 2 is 1.55 bits per heavy atom. The number of aryl methyl sites for hydroxylation is 2. The minimum atomic E-state index is -3.82. The van der Waals surface area contributed by atoms with Crippen LogP contribution in [-0.2, 0) is 16.4 Å². The van der Waals surface area contributed by atoms with Crippen LogP contribution in [0.2, 0.25) is 0 Å². The molecule has 5 heteroatoms. The van der Waals surface area contributed by atoms with E-state index in [9.17, 15) is 13.2 Å². The second-order valence-corrected chi connectivity index (χ2v) is 9.40. The molecule has 148 valence electrons. The molecule has 0 saturated carbocycles. The summed E-state index contributed by atoms with van der Waals surface area (Å²) < 4.78 is 28.4. The molecule has 1 aliphatic rings. The van der Waals surface area contributed by atoms with Crippen molar-refractivity contribution in [3.63, 3.8) is 0 Å². The van der Waals surface area contributed by atoms with Crippen molar-refractivity contribution in [3.8, 4) is 0 Å². The minimum absolute atomic E-state index is 0.201. The molecule has 1 atom stereocenters. The average Bonchev–Trinajstić information content (AvgIpc) is 2.73. The fourth-order valence-electron chi connectivity index (χ4n) is 3.85. The topological polar surface area (TPSA) is 54.5 Å². The van der Waals surface area contributed by atoms with Gasteiger partial charge in [0, 0.05) is 12.1 Å². The van der Waals surface area contributed by atoms with Gasteiger partial charge in [-0.1, -0.05) is 71.8 Å². The first-order valence-corrected chi connectivity index (χ1v) is 11.1. The third-order valence-corrected chi connectivity index (χ3v) is 7.30. The van der Waals surface area contributed by atoms with E-state index < -0.39 is 16.1 Å². The number of carbonyl (C=O) groups excluding carboxylic acids is 1. The Morgan fingerprint density at radius 3 is 2.24 bits per heavy atom. The number of sulfonamides is 1. The molecule has 3 aromatic rings. The highest BCUT2D eigenvalue weighted by Crippen LogP contribution is 2.37. The maximum atomic E-state index is 13.5. The number of hydrogen-bond donors (Lipinski definition) is 0. The van der Waals surface area contributed by atoms with Crippen LogP contribution in [0.4, 0.5) is 0 Å². The van der Waals surface area contributed by atoms with Gasteiger partial charge in [0.15, 0.2) is 5.78 Å². The summed E-state index contributed by atoms with van der Waals surface area (Å²) in [7, 11) is -3.82. The van der Waals surface area contributed by atoms with Crippen LogP contribution in [0.5, 0.6) is 0 Å². The van der Waals surface area contributed by atoms with Crippen molar-refractivity contribution in [1.82, 2.24) is 4.31 Å². The quantitative estimate of drug-likeness (QED) is 0.602. The van der Waals surface area contributed by atoms with E-state index in [0.29, 0.717) is 12.0 Å². The molecular formula is C24H23NO3S. The molecule has 1 aliphatic heterocycles. The SMILES string of the molecule is Cc1ccc(S(=O)(=O)N2CCc3ccc(C)cc3C2C(=O)c2ccccc2)cc1. The van der Waals surface area contributed by atoms with Gasteiger partial charge in [-0.25, -0.2) is 8.42 Å². The maximum Gasteiger partial charge on any atom is 0.244 e. The van der Waals surface area contributed by atoms with Crippen LogP contribution in [0.15, 0.2) is 77.7 Å². The van der Waals surface area contributed by atoms with Gasteiger partial charge in [-0.3, -0.25) is 4.79 Å². The lowest BCUT2D eigenvalue weighted by molar-refractivity contribution is 0.0887. The molecule has 1 heterocycles. The molecule has 0 radical (unpaired) electrons. The predicted octanol–water partition coefficient (Wildman–Crippen LogP) is 4.47. The normalized spacial score (nSPS) is 17.0. The second-order valence-electron chi connectivity index (χ2n) is 7.51. The first-order valence-electron chi connectivity index (χ1n) is 9.65. The number of nitrogens with zero attached hydrogens (tertiary/aromatic N) is 1. The Labute approximate surface area is 171 Å². The summed E-state index contributed by atoms with van der Waals surface area (Å²) in [6, 6.07) is 20.8. The highest BCUT2D eigenvalue weighted by atomic mass is 32.2. The van der Waals surface area contributed by atoms with Gasteiger partial charge in [0.05, 0.1) is 4.90 Å². The molecule has 29 heavy (non-hydrogen) atoms. The minimum Gasteiger partial charge on any atom is -0.292 e. The van der Waals surface area contributed by atoms with Gasteiger partial charge < -0.3 is 0 Å². The summed E-state index contributed by atoms with van der Waals surface area (Å²) in [5.41, 5.74) is 4.31. The lowest BCUT2D eigenvalue weighted by Gasteiger charge is -2.35. The van der Waals surface area contributed by atoms with Crippen molar-refractivity contribution in [3.05, 3.63) is 101 Å². The number of benzene rings is 3. The van der Waals surface area contributed by atoms with E-state index >= 15 is 0 Å². The predicted molar refractivity (Wildman–Crippen MR) is 113 cm³/mol. The molecule has 4 rings (SSSR count). The fourth-order valence-corrected chi connectivity index (χ4v) is 5.42. The third kappa shape index (κ3) is 3.63. The molecular weight excluding hydrogens is 382 g/mol. The molecule has 4 nitrogen and oxygen atoms in total. The number of Topliss-reactive ketones (excluding diaryl/α,β-unsaturated/α-hetero) is 1. The van der Waals surface area contributed by atoms with Gasteiger partial charge in [0.25, 0.3) is 0 Å². The van der Waals surface area contributed by atoms with Crippen LogP contribution >= 0.6 is 0 Å². The van der Waals surface area contributed by atoms with E-state index in [1.54, 1.807) is 48.5 Å². The zero-order chi connectivity index (χ0) is 20.6.